The lowest BCUT2D eigenvalue weighted by Gasteiger charge is -2.16. The number of H-pyrrole nitrogens is 1. The lowest BCUT2D eigenvalue weighted by Crippen LogP contribution is -2.21. The lowest BCUT2D eigenvalue weighted by atomic mass is 10.0. The highest BCUT2D eigenvalue weighted by atomic mass is 35.5. The minimum atomic E-state index is -0.154. The lowest BCUT2D eigenvalue weighted by molar-refractivity contribution is 0.472. The van der Waals surface area contributed by atoms with Crippen LogP contribution in [0.3, 0.4) is 0 Å². The maximum absolute atomic E-state index is 12.5. The summed E-state index contributed by atoms with van der Waals surface area (Å²) in [6.07, 6.45) is 3.28. The van der Waals surface area contributed by atoms with Gasteiger partial charge in [-0.25, -0.2) is 9.78 Å². The van der Waals surface area contributed by atoms with E-state index in [0.29, 0.717) is 15.7 Å². The highest BCUT2D eigenvalue weighted by Gasteiger charge is 2.20. The van der Waals surface area contributed by atoms with Crippen molar-refractivity contribution >= 4 is 34.4 Å². The van der Waals surface area contributed by atoms with E-state index >= 15 is 0 Å². The van der Waals surface area contributed by atoms with Crippen molar-refractivity contribution in [2.24, 2.45) is 0 Å². The Labute approximate surface area is 144 Å². The number of hydrogen-bond donors (Lipinski definition) is 1. The van der Waals surface area contributed by atoms with Gasteiger partial charge in [-0.3, -0.25) is 9.55 Å². The Morgan fingerprint density at radius 3 is 2.43 bits per heavy atom. The second kappa shape index (κ2) is 6.38. The molecule has 0 bridgehead atoms. The van der Waals surface area contributed by atoms with Gasteiger partial charge in [0.15, 0.2) is 5.65 Å². The SMILES string of the molecule is CCC(CC)n1c(=O)[nH]c2ncc(Cl)c(-c3ccc(Cl)cc3)c21. The molecule has 4 nitrogen and oxygen atoms in total. The standard InChI is InChI=1S/C17H17Cl2N3O/c1-3-12(4-2)22-15-14(10-5-7-11(18)8-6-10)13(19)9-20-16(15)21-17(22)23/h5-9,12H,3-4H2,1-2H3,(H,20,21,23). The molecule has 1 N–H and O–H groups in total. The van der Waals surface area contributed by atoms with Crippen molar-refractivity contribution in [2.45, 2.75) is 32.7 Å². The Hall–Kier alpha value is -1.78. The molecule has 0 radical (unpaired) electrons. The van der Waals surface area contributed by atoms with Crippen molar-refractivity contribution in [1.82, 2.24) is 14.5 Å². The Balaban J connectivity index is 2.38. The number of halogens is 2. The number of imidazole rings is 1. The Morgan fingerprint density at radius 1 is 1.17 bits per heavy atom. The molecule has 2 aromatic heterocycles. The van der Waals surface area contributed by atoms with Crippen LogP contribution in [-0.4, -0.2) is 14.5 Å². The third kappa shape index (κ3) is 2.77. The van der Waals surface area contributed by atoms with E-state index in [-0.39, 0.29) is 11.7 Å². The van der Waals surface area contributed by atoms with Crippen LogP contribution in [0.1, 0.15) is 32.7 Å². The van der Waals surface area contributed by atoms with Crippen LogP contribution in [0.15, 0.2) is 35.3 Å². The smallest absolute Gasteiger partial charge is 0.290 e. The van der Waals surface area contributed by atoms with E-state index < -0.39 is 0 Å². The number of rotatable bonds is 4. The average Bonchev–Trinajstić information content (AvgIpc) is 2.87. The van der Waals surface area contributed by atoms with E-state index in [4.69, 9.17) is 23.2 Å². The van der Waals surface area contributed by atoms with Crippen LogP contribution >= 0.6 is 23.2 Å². The van der Waals surface area contributed by atoms with Crippen LogP contribution in [0.5, 0.6) is 0 Å². The van der Waals surface area contributed by atoms with Crippen molar-refractivity contribution in [3.8, 4) is 11.1 Å². The Bertz CT molecular complexity index is 893. The van der Waals surface area contributed by atoms with Crippen molar-refractivity contribution in [3.05, 3.63) is 51.0 Å². The molecule has 0 saturated heterocycles. The minimum Gasteiger partial charge on any atom is -0.290 e. The van der Waals surface area contributed by atoms with Crippen LogP contribution in [-0.2, 0) is 0 Å². The molecule has 6 heteroatoms. The van der Waals surface area contributed by atoms with Crippen molar-refractivity contribution in [2.75, 3.05) is 0 Å². The third-order valence-electron chi connectivity index (χ3n) is 4.13. The summed E-state index contributed by atoms with van der Waals surface area (Å²) in [6, 6.07) is 7.52. The second-order valence-electron chi connectivity index (χ2n) is 5.46. The fourth-order valence-corrected chi connectivity index (χ4v) is 3.33. The monoisotopic (exact) mass is 349 g/mol. The molecule has 3 aromatic rings. The molecule has 0 amide bonds. The fourth-order valence-electron chi connectivity index (χ4n) is 2.96. The van der Waals surface area contributed by atoms with Crippen molar-refractivity contribution in [3.63, 3.8) is 0 Å². The minimum absolute atomic E-state index is 0.0996. The molecule has 0 saturated carbocycles. The summed E-state index contributed by atoms with van der Waals surface area (Å²) in [6.45, 7) is 4.14. The molecule has 0 aliphatic rings. The number of aromatic amines is 1. The van der Waals surface area contributed by atoms with Gasteiger partial charge < -0.3 is 0 Å². The Kier molecular flexibility index (Phi) is 4.46. The summed E-state index contributed by atoms with van der Waals surface area (Å²) in [5.74, 6) is 0. The molecule has 3 rings (SSSR count). The first-order valence-corrected chi connectivity index (χ1v) is 8.37. The highest BCUT2D eigenvalue weighted by Crippen LogP contribution is 2.35. The number of hydrogen-bond acceptors (Lipinski definition) is 2. The van der Waals surface area contributed by atoms with Gasteiger partial charge in [-0.05, 0) is 30.5 Å². The predicted molar refractivity (Wildman–Crippen MR) is 95.4 cm³/mol. The molecule has 0 fully saturated rings. The van der Waals surface area contributed by atoms with Gasteiger partial charge in [0, 0.05) is 22.8 Å². The first-order chi connectivity index (χ1) is 11.1. The van der Waals surface area contributed by atoms with Gasteiger partial charge in [-0.1, -0.05) is 49.2 Å². The van der Waals surface area contributed by atoms with Crippen LogP contribution < -0.4 is 5.69 Å². The number of pyridine rings is 1. The molecule has 1 aromatic carbocycles. The summed E-state index contributed by atoms with van der Waals surface area (Å²) in [5.41, 5.74) is 2.86. The molecule has 0 atom stereocenters. The quantitative estimate of drug-likeness (QED) is 0.715. The van der Waals surface area contributed by atoms with E-state index in [1.54, 1.807) is 10.8 Å². The zero-order valence-electron chi connectivity index (χ0n) is 12.9. The maximum Gasteiger partial charge on any atom is 0.327 e. The Morgan fingerprint density at radius 2 is 1.83 bits per heavy atom. The van der Waals surface area contributed by atoms with Gasteiger partial charge in [0.25, 0.3) is 0 Å². The largest absolute Gasteiger partial charge is 0.327 e. The highest BCUT2D eigenvalue weighted by molar-refractivity contribution is 6.34. The number of aromatic nitrogens is 3. The fraction of sp³-hybridized carbons (Fsp3) is 0.294. The van der Waals surface area contributed by atoms with Gasteiger partial charge >= 0.3 is 5.69 Å². The molecule has 120 valence electrons. The average molecular weight is 350 g/mol. The first kappa shape index (κ1) is 16.1. The van der Waals surface area contributed by atoms with Crippen molar-refractivity contribution < 1.29 is 0 Å². The molecule has 2 heterocycles. The van der Waals surface area contributed by atoms with Crippen LogP contribution in [0.2, 0.25) is 10.0 Å². The molecule has 0 aliphatic carbocycles. The third-order valence-corrected chi connectivity index (χ3v) is 4.67. The summed E-state index contributed by atoms with van der Waals surface area (Å²) in [4.78, 5) is 19.6. The number of nitrogens with zero attached hydrogens (tertiary/aromatic N) is 2. The van der Waals surface area contributed by atoms with Crippen LogP contribution in [0.4, 0.5) is 0 Å². The van der Waals surface area contributed by atoms with Gasteiger partial charge in [0.1, 0.15) is 0 Å². The molecular formula is C17H17Cl2N3O. The number of fused-ring (bicyclic) bond motifs is 1. The van der Waals surface area contributed by atoms with E-state index in [9.17, 15) is 4.79 Å². The van der Waals surface area contributed by atoms with Gasteiger partial charge in [0.2, 0.25) is 0 Å². The molecule has 0 aliphatic heterocycles. The van der Waals surface area contributed by atoms with E-state index in [1.807, 2.05) is 24.3 Å². The topological polar surface area (TPSA) is 50.7 Å². The van der Waals surface area contributed by atoms with E-state index in [0.717, 1.165) is 29.5 Å². The first-order valence-electron chi connectivity index (χ1n) is 7.61. The summed E-state index contributed by atoms with van der Waals surface area (Å²) in [7, 11) is 0. The van der Waals surface area contributed by atoms with Crippen molar-refractivity contribution in [1.29, 1.82) is 0 Å². The van der Waals surface area contributed by atoms with Gasteiger partial charge in [-0.2, -0.15) is 0 Å². The molecular weight excluding hydrogens is 333 g/mol. The van der Waals surface area contributed by atoms with Crippen LogP contribution in [0.25, 0.3) is 22.3 Å². The summed E-state index contributed by atoms with van der Waals surface area (Å²) >= 11 is 12.4. The van der Waals surface area contributed by atoms with Crippen LogP contribution in [0, 0.1) is 0 Å². The summed E-state index contributed by atoms with van der Waals surface area (Å²) < 4.78 is 1.78. The number of benzene rings is 1. The zero-order chi connectivity index (χ0) is 16.6. The zero-order valence-corrected chi connectivity index (χ0v) is 14.4. The number of nitrogens with one attached hydrogen (secondary N) is 1. The second-order valence-corrected chi connectivity index (χ2v) is 6.30. The molecule has 0 spiro atoms. The molecule has 23 heavy (non-hydrogen) atoms. The maximum atomic E-state index is 12.5. The normalized spacial score (nSPS) is 11.5. The summed E-state index contributed by atoms with van der Waals surface area (Å²) in [5, 5.41) is 1.17. The predicted octanol–water partition coefficient (Wildman–Crippen LogP) is 5.06. The van der Waals surface area contributed by atoms with E-state index in [2.05, 4.69) is 23.8 Å². The molecule has 0 unspecified atom stereocenters. The van der Waals surface area contributed by atoms with Gasteiger partial charge in [0.05, 0.1) is 10.5 Å². The van der Waals surface area contributed by atoms with Gasteiger partial charge in [-0.15, -0.1) is 0 Å². The van der Waals surface area contributed by atoms with E-state index in [1.165, 1.54) is 0 Å².